The topological polar surface area (TPSA) is 39.9 Å². The van der Waals surface area contributed by atoms with Crippen molar-refractivity contribution in [1.82, 2.24) is 15.0 Å². The Hall–Kier alpha value is -0.420. The summed E-state index contributed by atoms with van der Waals surface area (Å²) in [5, 5.41) is 7.99. The van der Waals surface area contributed by atoms with Gasteiger partial charge in [0.25, 0.3) is 0 Å². The van der Waals surface area contributed by atoms with Gasteiger partial charge in [-0.1, -0.05) is 0 Å². The van der Waals surface area contributed by atoms with Gasteiger partial charge in [-0.15, -0.1) is 5.10 Å². The van der Waals surface area contributed by atoms with E-state index in [1.54, 1.807) is 11.0 Å². The van der Waals surface area contributed by atoms with Crippen LogP contribution in [0.1, 0.15) is 6.92 Å². The van der Waals surface area contributed by atoms with Crippen molar-refractivity contribution in [3.05, 3.63) is 10.8 Å². The van der Waals surface area contributed by atoms with Crippen molar-refractivity contribution in [2.45, 2.75) is 13.5 Å². The van der Waals surface area contributed by atoms with Crippen molar-refractivity contribution in [2.24, 2.45) is 0 Å². The van der Waals surface area contributed by atoms with Crippen LogP contribution >= 0.6 is 15.9 Å². The third-order valence-electron chi connectivity index (χ3n) is 1.15. The normalized spacial score (nSPS) is 10.4. The van der Waals surface area contributed by atoms with E-state index in [-0.39, 0.29) is 0 Å². The molecule has 1 heterocycles. The zero-order chi connectivity index (χ0) is 8.10. The van der Waals surface area contributed by atoms with E-state index in [0.717, 1.165) is 11.2 Å². The Kier molecular flexibility index (Phi) is 3.51. The van der Waals surface area contributed by atoms with Gasteiger partial charge in [0.15, 0.2) is 0 Å². The Balaban J connectivity index is 2.27. The first-order chi connectivity index (χ1) is 5.33. The van der Waals surface area contributed by atoms with Gasteiger partial charge in [-0.05, 0) is 22.9 Å². The Morgan fingerprint density at radius 3 is 3.09 bits per heavy atom. The molecule has 0 fully saturated rings. The number of aromatic nitrogens is 3. The first-order valence-electron chi connectivity index (χ1n) is 3.46. The monoisotopic (exact) mass is 219 g/mol. The van der Waals surface area contributed by atoms with E-state index in [4.69, 9.17) is 4.74 Å². The van der Waals surface area contributed by atoms with Crippen LogP contribution in [0.2, 0.25) is 0 Å². The van der Waals surface area contributed by atoms with Gasteiger partial charge in [-0.3, -0.25) is 0 Å². The molecule has 0 saturated carbocycles. The average molecular weight is 220 g/mol. The quantitative estimate of drug-likeness (QED) is 0.712. The Morgan fingerprint density at radius 1 is 1.73 bits per heavy atom. The van der Waals surface area contributed by atoms with Crippen LogP contribution in [-0.4, -0.2) is 28.2 Å². The highest BCUT2D eigenvalue weighted by Gasteiger charge is 1.94. The maximum Gasteiger partial charge on any atom is 0.148 e. The lowest BCUT2D eigenvalue weighted by molar-refractivity contribution is 0.133. The third-order valence-corrected chi connectivity index (χ3v) is 1.51. The number of hydrogen-bond acceptors (Lipinski definition) is 3. The van der Waals surface area contributed by atoms with Gasteiger partial charge in [0, 0.05) is 6.61 Å². The molecule has 62 valence electrons. The molecule has 0 unspecified atom stereocenters. The van der Waals surface area contributed by atoms with E-state index in [2.05, 4.69) is 26.1 Å². The molecule has 1 aromatic heterocycles. The fraction of sp³-hybridized carbons (Fsp3) is 0.667. The molecule has 0 radical (unpaired) electrons. The molecule has 0 atom stereocenters. The molecule has 0 aliphatic carbocycles. The minimum atomic E-state index is 0.664. The summed E-state index contributed by atoms with van der Waals surface area (Å²) in [5.41, 5.74) is 0. The first kappa shape index (κ1) is 8.67. The highest BCUT2D eigenvalue weighted by atomic mass is 79.9. The lowest BCUT2D eigenvalue weighted by Gasteiger charge is -1.98. The molecule has 11 heavy (non-hydrogen) atoms. The molecule has 0 amide bonds. The molecular weight excluding hydrogens is 210 g/mol. The summed E-state index contributed by atoms with van der Waals surface area (Å²) in [4.78, 5) is 1.60. The summed E-state index contributed by atoms with van der Waals surface area (Å²) in [7, 11) is 0. The summed E-state index contributed by atoms with van der Waals surface area (Å²) >= 11 is 3.21. The van der Waals surface area contributed by atoms with E-state index in [0.29, 0.717) is 13.2 Å². The average Bonchev–Trinajstić information content (AvgIpc) is 2.37. The van der Waals surface area contributed by atoms with Gasteiger partial charge in [0.1, 0.15) is 4.60 Å². The van der Waals surface area contributed by atoms with Gasteiger partial charge in [0.05, 0.1) is 19.3 Å². The van der Waals surface area contributed by atoms with Crippen molar-refractivity contribution in [3.8, 4) is 0 Å². The van der Waals surface area contributed by atoms with Crippen LogP contribution in [0.25, 0.3) is 0 Å². The van der Waals surface area contributed by atoms with Crippen LogP contribution in [0.15, 0.2) is 10.8 Å². The van der Waals surface area contributed by atoms with E-state index >= 15 is 0 Å². The molecular formula is C6H10BrN3O. The Bertz CT molecular complexity index is 213. The van der Waals surface area contributed by atoms with Crippen LogP contribution in [0.5, 0.6) is 0 Å². The Morgan fingerprint density at radius 2 is 2.55 bits per heavy atom. The largest absolute Gasteiger partial charge is 0.380 e. The highest BCUT2D eigenvalue weighted by Crippen LogP contribution is 2.00. The number of ether oxygens (including phenoxy) is 1. The van der Waals surface area contributed by atoms with Gasteiger partial charge in [-0.25, -0.2) is 0 Å². The van der Waals surface area contributed by atoms with Crippen molar-refractivity contribution in [2.75, 3.05) is 13.2 Å². The van der Waals surface area contributed by atoms with E-state index in [1.807, 2.05) is 6.92 Å². The minimum Gasteiger partial charge on any atom is -0.380 e. The molecule has 4 nitrogen and oxygen atoms in total. The lowest BCUT2D eigenvalue weighted by Crippen LogP contribution is -2.08. The van der Waals surface area contributed by atoms with Crippen LogP contribution in [0.3, 0.4) is 0 Å². The van der Waals surface area contributed by atoms with Crippen LogP contribution < -0.4 is 0 Å². The molecule has 0 aliphatic heterocycles. The fourth-order valence-electron chi connectivity index (χ4n) is 0.674. The second kappa shape index (κ2) is 4.46. The fourth-order valence-corrected chi connectivity index (χ4v) is 0.949. The molecule has 0 aliphatic rings. The van der Waals surface area contributed by atoms with Crippen molar-refractivity contribution in [3.63, 3.8) is 0 Å². The molecule has 5 heteroatoms. The van der Waals surface area contributed by atoms with Crippen molar-refractivity contribution in [1.29, 1.82) is 0 Å². The smallest absolute Gasteiger partial charge is 0.148 e. The summed E-state index contributed by atoms with van der Waals surface area (Å²) in [6.45, 7) is 4.08. The minimum absolute atomic E-state index is 0.664. The predicted octanol–water partition coefficient (Wildman–Crippen LogP) is 1.08. The summed E-state index contributed by atoms with van der Waals surface area (Å²) in [6, 6.07) is 0. The van der Waals surface area contributed by atoms with Crippen molar-refractivity contribution >= 4 is 15.9 Å². The number of halogens is 1. The predicted molar refractivity (Wildman–Crippen MR) is 44.2 cm³/mol. The van der Waals surface area contributed by atoms with Gasteiger partial charge < -0.3 is 4.74 Å². The molecule has 0 aromatic carbocycles. The molecule has 0 spiro atoms. The van der Waals surface area contributed by atoms with Crippen LogP contribution in [0, 0.1) is 0 Å². The summed E-state index contributed by atoms with van der Waals surface area (Å²) in [5.74, 6) is 0. The second-order valence-corrected chi connectivity index (χ2v) is 2.77. The first-order valence-corrected chi connectivity index (χ1v) is 4.25. The van der Waals surface area contributed by atoms with Crippen LogP contribution in [0.4, 0.5) is 0 Å². The highest BCUT2D eigenvalue weighted by molar-refractivity contribution is 9.10. The maximum atomic E-state index is 5.13. The molecule has 0 N–H and O–H groups in total. The number of nitrogens with zero attached hydrogens (tertiary/aromatic N) is 3. The SMILES string of the molecule is CCOCCn1ncc(Br)n1. The maximum absolute atomic E-state index is 5.13. The van der Waals surface area contributed by atoms with Crippen molar-refractivity contribution < 1.29 is 4.74 Å². The standard InChI is InChI=1S/C6H10BrN3O/c1-2-11-4-3-10-8-5-6(7)9-10/h5H,2-4H2,1H3. The van der Waals surface area contributed by atoms with Gasteiger partial charge in [0.2, 0.25) is 0 Å². The molecule has 1 aromatic rings. The number of rotatable bonds is 4. The van der Waals surface area contributed by atoms with E-state index in [1.165, 1.54) is 0 Å². The van der Waals surface area contributed by atoms with Gasteiger partial charge >= 0.3 is 0 Å². The third kappa shape index (κ3) is 2.98. The molecule has 1 rings (SSSR count). The lowest BCUT2D eigenvalue weighted by atomic mass is 10.7. The van der Waals surface area contributed by atoms with E-state index in [9.17, 15) is 0 Å². The Labute approximate surface area is 73.7 Å². The molecule has 0 bridgehead atoms. The zero-order valence-corrected chi connectivity index (χ0v) is 7.91. The van der Waals surface area contributed by atoms with E-state index < -0.39 is 0 Å². The summed E-state index contributed by atoms with van der Waals surface area (Å²) in [6.07, 6.45) is 1.66. The van der Waals surface area contributed by atoms with Gasteiger partial charge in [-0.2, -0.15) is 9.90 Å². The second-order valence-electron chi connectivity index (χ2n) is 1.96. The van der Waals surface area contributed by atoms with Crippen LogP contribution in [-0.2, 0) is 11.3 Å². The number of hydrogen-bond donors (Lipinski definition) is 0. The molecule has 0 saturated heterocycles. The summed E-state index contributed by atoms with van der Waals surface area (Å²) < 4.78 is 5.89. The zero-order valence-electron chi connectivity index (χ0n) is 6.33.